The Morgan fingerprint density at radius 1 is 0.971 bits per heavy atom. The maximum Gasteiger partial charge on any atom is 0.333 e. The molecule has 2 aromatic rings. The predicted octanol–water partition coefficient (Wildman–Crippen LogP) is 3.26. The predicted molar refractivity (Wildman–Crippen MR) is 131 cm³/mol. The second-order valence-electron chi connectivity index (χ2n) is 8.02. The summed E-state index contributed by atoms with van der Waals surface area (Å²) >= 11 is 0. The molecule has 1 amide bonds. The van der Waals surface area contributed by atoms with Gasteiger partial charge in [-0.05, 0) is 48.7 Å². The number of benzene rings is 2. The topological polar surface area (TPSA) is 119 Å². The first-order chi connectivity index (χ1) is 16.6. The van der Waals surface area contributed by atoms with Crippen LogP contribution in [0.2, 0.25) is 0 Å². The molecule has 2 rings (SSSR count). The van der Waals surface area contributed by atoms with Crippen molar-refractivity contribution in [3.8, 4) is 11.5 Å². The molecule has 10 heteroatoms. The van der Waals surface area contributed by atoms with Crippen LogP contribution < -0.4 is 8.92 Å². The monoisotopic (exact) mass is 507 g/mol. The molecule has 0 heterocycles. The molecule has 0 aliphatic heterocycles. The minimum absolute atomic E-state index is 0.144. The lowest BCUT2D eigenvalue weighted by Gasteiger charge is -2.23. The van der Waals surface area contributed by atoms with E-state index in [1.54, 1.807) is 60.4 Å². The maximum absolute atomic E-state index is 12.9. The van der Waals surface area contributed by atoms with Crippen LogP contribution >= 0.6 is 0 Å². The lowest BCUT2D eigenvalue weighted by molar-refractivity contribution is -0.150. The maximum atomic E-state index is 12.9. The van der Waals surface area contributed by atoms with E-state index in [1.165, 1.54) is 0 Å². The number of hydrogen-bond acceptors (Lipinski definition) is 7. The Bertz CT molecular complexity index is 1050. The molecule has 0 aliphatic rings. The van der Waals surface area contributed by atoms with E-state index in [-0.39, 0.29) is 24.7 Å². The Hall–Kier alpha value is -3.11. The van der Waals surface area contributed by atoms with Gasteiger partial charge in [0.1, 0.15) is 11.5 Å². The van der Waals surface area contributed by atoms with E-state index >= 15 is 0 Å². The highest BCUT2D eigenvalue weighted by Gasteiger charge is 2.18. The molecule has 35 heavy (non-hydrogen) atoms. The summed E-state index contributed by atoms with van der Waals surface area (Å²) in [6.45, 7) is 4.87. The molecule has 0 saturated carbocycles. The van der Waals surface area contributed by atoms with Gasteiger partial charge >= 0.3 is 16.1 Å². The van der Waals surface area contributed by atoms with Crippen molar-refractivity contribution in [3.63, 3.8) is 0 Å². The summed E-state index contributed by atoms with van der Waals surface area (Å²) in [7, 11) is -3.60. The first-order valence-corrected chi connectivity index (χ1v) is 13.2. The number of carbonyl (C=O) groups excluding carboxylic acids is 1. The van der Waals surface area contributed by atoms with E-state index in [0.29, 0.717) is 25.4 Å². The number of aliphatic carboxylic acids is 1. The zero-order chi connectivity index (χ0) is 25.8. The highest BCUT2D eigenvalue weighted by Crippen LogP contribution is 2.17. The number of rotatable bonds is 15. The third-order valence-corrected chi connectivity index (χ3v) is 5.52. The number of carbonyl (C=O) groups is 2. The van der Waals surface area contributed by atoms with E-state index in [1.807, 2.05) is 6.92 Å². The average molecular weight is 508 g/mol. The fraction of sp³-hybridized carbons (Fsp3) is 0.440. The van der Waals surface area contributed by atoms with E-state index in [0.717, 1.165) is 30.2 Å². The molecular formula is C25H33NO8S. The van der Waals surface area contributed by atoms with Crippen LogP contribution in [0.25, 0.3) is 0 Å². The first kappa shape index (κ1) is 28.1. The van der Waals surface area contributed by atoms with E-state index in [4.69, 9.17) is 13.7 Å². The standard InChI is InChI=1S/C25H33NO8S/c1-4-6-15-26(17-20-9-13-22(14-10-20)34-35(3,30)31)24(27)18-33-21-11-7-19(8-12-21)16-23(25(28)29)32-5-2/h7-14,23H,4-6,15-18H2,1-3H3,(H,28,29)/t23-/m0/s1. The molecule has 2 aromatic carbocycles. The summed E-state index contributed by atoms with van der Waals surface area (Å²) in [5, 5.41) is 9.22. The van der Waals surface area contributed by atoms with Crippen molar-refractivity contribution in [2.24, 2.45) is 0 Å². The summed E-state index contributed by atoms with van der Waals surface area (Å²) in [5.74, 6) is -0.475. The SMILES string of the molecule is CCCCN(Cc1ccc(OS(C)(=O)=O)cc1)C(=O)COc1ccc(C[C@H](OCC)C(=O)O)cc1. The summed E-state index contributed by atoms with van der Waals surface area (Å²) < 4.78 is 38.3. The summed E-state index contributed by atoms with van der Waals surface area (Å²) in [5.41, 5.74) is 1.62. The number of unbranched alkanes of at least 4 members (excludes halogenated alkanes) is 1. The summed E-state index contributed by atoms with van der Waals surface area (Å²) in [6, 6.07) is 13.5. The Morgan fingerprint density at radius 3 is 2.11 bits per heavy atom. The second-order valence-corrected chi connectivity index (χ2v) is 9.59. The lowest BCUT2D eigenvalue weighted by Crippen LogP contribution is -2.35. The van der Waals surface area contributed by atoms with Gasteiger partial charge in [-0.2, -0.15) is 8.42 Å². The Morgan fingerprint density at radius 2 is 1.57 bits per heavy atom. The number of amides is 1. The largest absolute Gasteiger partial charge is 0.484 e. The van der Waals surface area contributed by atoms with Crippen LogP contribution in [0.5, 0.6) is 11.5 Å². The number of ether oxygens (including phenoxy) is 2. The minimum Gasteiger partial charge on any atom is -0.484 e. The van der Waals surface area contributed by atoms with Crippen LogP contribution in [-0.4, -0.2) is 62.4 Å². The highest BCUT2D eigenvalue weighted by molar-refractivity contribution is 7.86. The third kappa shape index (κ3) is 10.4. The second kappa shape index (κ2) is 13.7. The molecule has 1 N–H and O–H groups in total. The zero-order valence-electron chi connectivity index (χ0n) is 20.3. The third-order valence-electron chi connectivity index (χ3n) is 5.03. The smallest absolute Gasteiger partial charge is 0.333 e. The van der Waals surface area contributed by atoms with Crippen molar-refractivity contribution in [1.82, 2.24) is 4.90 Å². The average Bonchev–Trinajstić information content (AvgIpc) is 2.80. The molecule has 0 aromatic heterocycles. The normalized spacial score (nSPS) is 12.1. The number of nitrogens with zero attached hydrogens (tertiary/aromatic N) is 1. The van der Waals surface area contributed by atoms with Crippen molar-refractivity contribution in [1.29, 1.82) is 0 Å². The van der Waals surface area contributed by atoms with Gasteiger partial charge in [-0.25, -0.2) is 4.79 Å². The van der Waals surface area contributed by atoms with Crippen molar-refractivity contribution in [3.05, 3.63) is 59.7 Å². The van der Waals surface area contributed by atoms with Gasteiger partial charge in [0.25, 0.3) is 5.91 Å². The van der Waals surface area contributed by atoms with E-state index in [9.17, 15) is 23.1 Å². The van der Waals surface area contributed by atoms with E-state index < -0.39 is 22.2 Å². The van der Waals surface area contributed by atoms with Gasteiger partial charge in [0.2, 0.25) is 0 Å². The molecule has 0 fully saturated rings. The number of hydrogen-bond donors (Lipinski definition) is 1. The van der Waals surface area contributed by atoms with Crippen LogP contribution in [0.1, 0.15) is 37.8 Å². The van der Waals surface area contributed by atoms with Crippen LogP contribution in [0.3, 0.4) is 0 Å². The van der Waals surface area contributed by atoms with Gasteiger partial charge in [-0.3, -0.25) is 4.79 Å². The van der Waals surface area contributed by atoms with Gasteiger partial charge in [0.05, 0.1) is 6.26 Å². The molecule has 0 spiro atoms. The lowest BCUT2D eigenvalue weighted by atomic mass is 10.1. The van der Waals surface area contributed by atoms with Crippen LogP contribution in [0, 0.1) is 0 Å². The molecule has 9 nitrogen and oxygen atoms in total. The van der Waals surface area contributed by atoms with Gasteiger partial charge < -0.3 is 23.7 Å². The number of carboxylic acids is 1. The van der Waals surface area contributed by atoms with Gasteiger partial charge in [-0.15, -0.1) is 0 Å². The molecule has 0 bridgehead atoms. The summed E-state index contributed by atoms with van der Waals surface area (Å²) in [6.07, 6.45) is 2.06. The quantitative estimate of drug-likeness (QED) is 0.365. The van der Waals surface area contributed by atoms with Crippen LogP contribution in [-0.2, 0) is 37.4 Å². The zero-order valence-corrected chi connectivity index (χ0v) is 21.1. The Balaban J connectivity index is 1.96. The van der Waals surface area contributed by atoms with Crippen molar-refractivity contribution in [2.75, 3.05) is 26.0 Å². The van der Waals surface area contributed by atoms with Crippen molar-refractivity contribution in [2.45, 2.75) is 45.8 Å². The highest BCUT2D eigenvalue weighted by atomic mass is 32.2. The van der Waals surface area contributed by atoms with Crippen LogP contribution in [0.15, 0.2) is 48.5 Å². The van der Waals surface area contributed by atoms with Crippen molar-refractivity contribution >= 4 is 22.0 Å². The summed E-state index contributed by atoms with van der Waals surface area (Å²) in [4.78, 5) is 25.8. The molecule has 0 aliphatic carbocycles. The minimum atomic E-state index is -3.60. The fourth-order valence-corrected chi connectivity index (χ4v) is 3.74. The molecule has 0 radical (unpaired) electrons. The van der Waals surface area contributed by atoms with Gasteiger partial charge in [0.15, 0.2) is 12.7 Å². The molecular weight excluding hydrogens is 474 g/mol. The van der Waals surface area contributed by atoms with Gasteiger partial charge in [-0.1, -0.05) is 37.6 Å². The van der Waals surface area contributed by atoms with Gasteiger partial charge in [0, 0.05) is 26.1 Å². The molecule has 192 valence electrons. The molecule has 0 unspecified atom stereocenters. The van der Waals surface area contributed by atoms with E-state index in [2.05, 4.69) is 0 Å². The van der Waals surface area contributed by atoms with Crippen LogP contribution in [0.4, 0.5) is 0 Å². The first-order valence-electron chi connectivity index (χ1n) is 11.4. The Kier molecular flexibility index (Phi) is 11.0. The fourth-order valence-electron chi connectivity index (χ4n) is 3.28. The number of carboxylic acid groups (broad SMARTS) is 1. The van der Waals surface area contributed by atoms with Crippen molar-refractivity contribution < 1.29 is 36.8 Å². The molecule has 1 atom stereocenters. The Labute approximate surface area is 206 Å². The molecule has 0 saturated heterocycles.